The molecule has 0 unspecified atom stereocenters. The molecule has 0 atom stereocenters. The van der Waals surface area contributed by atoms with E-state index in [-0.39, 0.29) is 16.9 Å². The Morgan fingerprint density at radius 2 is 1.74 bits per heavy atom. The van der Waals surface area contributed by atoms with Crippen LogP contribution in [-0.4, -0.2) is 41.0 Å². The minimum Gasteiger partial charge on any atom is -0.460 e. The monoisotopic (exact) mass is 496 g/mol. The number of nitrogens with zero attached hydrogens (tertiary/aromatic N) is 3. The molecular formula is C25H22Cl2N4O3. The van der Waals surface area contributed by atoms with Gasteiger partial charge in [0.1, 0.15) is 6.61 Å². The number of amides is 1. The van der Waals surface area contributed by atoms with Crippen molar-refractivity contribution >= 4 is 34.8 Å². The molecule has 0 saturated heterocycles. The summed E-state index contributed by atoms with van der Waals surface area (Å²) < 4.78 is 12.4. The molecule has 1 heterocycles. The first-order valence-electron chi connectivity index (χ1n) is 10.5. The van der Waals surface area contributed by atoms with Crippen molar-refractivity contribution in [2.45, 2.75) is 6.92 Å². The Bertz CT molecular complexity index is 1290. The van der Waals surface area contributed by atoms with Crippen LogP contribution in [0.15, 0.2) is 66.7 Å². The zero-order chi connectivity index (χ0) is 24.1. The number of rotatable bonds is 8. The Morgan fingerprint density at radius 3 is 2.41 bits per heavy atom. The van der Waals surface area contributed by atoms with Gasteiger partial charge in [-0.25, -0.2) is 4.68 Å². The molecule has 0 bridgehead atoms. The number of nitrogens with one attached hydrogen (secondary N) is 1. The molecule has 1 N–H and O–H groups in total. The highest BCUT2D eigenvalue weighted by Gasteiger charge is 2.16. The van der Waals surface area contributed by atoms with Crippen molar-refractivity contribution in [2.24, 2.45) is 0 Å². The number of carbonyl (C=O) groups excluding carboxylic acids is 1. The van der Waals surface area contributed by atoms with Crippen molar-refractivity contribution in [1.29, 1.82) is 0 Å². The molecule has 9 heteroatoms. The normalized spacial score (nSPS) is 10.8. The topological polar surface area (TPSA) is 78.3 Å². The van der Waals surface area contributed by atoms with E-state index in [2.05, 4.69) is 15.4 Å². The Morgan fingerprint density at radius 1 is 1.00 bits per heavy atom. The second kappa shape index (κ2) is 10.7. The Kier molecular flexibility index (Phi) is 7.47. The van der Waals surface area contributed by atoms with E-state index < -0.39 is 0 Å². The summed E-state index contributed by atoms with van der Waals surface area (Å²) in [7, 11) is 1.61. The predicted octanol–water partition coefficient (Wildman–Crippen LogP) is 5.83. The van der Waals surface area contributed by atoms with Crippen molar-refractivity contribution in [3.63, 3.8) is 0 Å². The van der Waals surface area contributed by atoms with Crippen LogP contribution in [-0.2, 0) is 4.74 Å². The lowest BCUT2D eigenvalue weighted by Gasteiger charge is -2.09. The number of aromatic nitrogens is 3. The summed E-state index contributed by atoms with van der Waals surface area (Å²) in [6, 6.07) is 20.2. The summed E-state index contributed by atoms with van der Waals surface area (Å²) in [6.07, 6.45) is 0. The van der Waals surface area contributed by atoms with Crippen LogP contribution in [0.5, 0.6) is 6.01 Å². The number of anilines is 1. The molecule has 0 aliphatic heterocycles. The van der Waals surface area contributed by atoms with E-state index in [0.717, 1.165) is 16.8 Å². The highest BCUT2D eigenvalue weighted by Crippen LogP contribution is 2.26. The van der Waals surface area contributed by atoms with Crippen LogP contribution >= 0.6 is 23.2 Å². The molecule has 0 saturated carbocycles. The first-order valence-corrected chi connectivity index (χ1v) is 11.2. The fourth-order valence-electron chi connectivity index (χ4n) is 3.20. The summed E-state index contributed by atoms with van der Waals surface area (Å²) >= 11 is 12.1. The molecule has 0 fully saturated rings. The SMILES string of the molecule is COCCOc1nc(-c2ccc(C)cc2)n(-c2ccc(NC(=O)c3ccc(Cl)cc3Cl)cc2)n1. The summed E-state index contributed by atoms with van der Waals surface area (Å²) in [5, 5.41) is 8.11. The number of methoxy groups -OCH3 is 1. The van der Waals surface area contributed by atoms with Gasteiger partial charge in [0.2, 0.25) is 0 Å². The fraction of sp³-hybridized carbons (Fsp3) is 0.160. The molecule has 3 aromatic carbocycles. The maximum absolute atomic E-state index is 12.6. The van der Waals surface area contributed by atoms with Gasteiger partial charge in [-0.1, -0.05) is 53.0 Å². The molecule has 1 aromatic heterocycles. The molecule has 7 nitrogen and oxygen atoms in total. The van der Waals surface area contributed by atoms with Crippen molar-refractivity contribution in [1.82, 2.24) is 14.8 Å². The zero-order valence-corrected chi connectivity index (χ0v) is 20.1. The number of benzene rings is 3. The quantitative estimate of drug-likeness (QED) is 0.310. The standard InChI is InChI=1S/C25H22Cl2N4O3/c1-16-3-5-17(6-4-16)23-29-25(34-14-13-33-2)30-31(23)20-10-8-19(9-11-20)28-24(32)21-12-7-18(26)15-22(21)27/h3-12,15H,13-14H2,1-2H3,(H,28,32). The first kappa shape index (κ1) is 23.8. The third-order valence-electron chi connectivity index (χ3n) is 4.96. The van der Waals surface area contributed by atoms with E-state index in [4.69, 9.17) is 32.7 Å². The van der Waals surface area contributed by atoms with Crippen LogP contribution in [0.25, 0.3) is 17.1 Å². The molecule has 0 aliphatic carbocycles. The Hall–Kier alpha value is -3.39. The van der Waals surface area contributed by atoms with Crippen molar-refractivity contribution in [3.8, 4) is 23.1 Å². The van der Waals surface area contributed by atoms with E-state index >= 15 is 0 Å². The van der Waals surface area contributed by atoms with E-state index in [1.54, 1.807) is 36.1 Å². The second-order valence-electron chi connectivity index (χ2n) is 7.46. The summed E-state index contributed by atoms with van der Waals surface area (Å²) in [5.74, 6) is 0.307. The van der Waals surface area contributed by atoms with Gasteiger partial charge >= 0.3 is 6.01 Å². The summed E-state index contributed by atoms with van der Waals surface area (Å²) in [4.78, 5) is 17.2. The van der Waals surface area contributed by atoms with Gasteiger partial charge in [0, 0.05) is 23.4 Å². The van der Waals surface area contributed by atoms with Gasteiger partial charge in [0.05, 0.1) is 22.9 Å². The van der Waals surface area contributed by atoms with Gasteiger partial charge in [-0.15, -0.1) is 5.10 Å². The Labute approximate surface area is 207 Å². The molecule has 0 aliphatic rings. The number of ether oxygens (including phenoxy) is 2. The molecule has 174 valence electrons. The van der Waals surface area contributed by atoms with Crippen LogP contribution in [0.3, 0.4) is 0 Å². The van der Waals surface area contributed by atoms with E-state index in [1.165, 1.54) is 6.07 Å². The highest BCUT2D eigenvalue weighted by molar-refractivity contribution is 6.37. The van der Waals surface area contributed by atoms with Crippen LogP contribution < -0.4 is 10.1 Å². The summed E-state index contributed by atoms with van der Waals surface area (Å²) in [6.45, 7) is 2.80. The first-order chi connectivity index (χ1) is 16.4. The van der Waals surface area contributed by atoms with Crippen molar-refractivity contribution in [2.75, 3.05) is 25.6 Å². The van der Waals surface area contributed by atoms with Gasteiger partial charge in [-0.3, -0.25) is 4.79 Å². The van der Waals surface area contributed by atoms with Crippen molar-refractivity contribution < 1.29 is 14.3 Å². The minimum absolute atomic E-state index is 0.252. The largest absolute Gasteiger partial charge is 0.460 e. The van der Waals surface area contributed by atoms with Gasteiger partial charge < -0.3 is 14.8 Å². The molecule has 0 radical (unpaired) electrons. The summed E-state index contributed by atoms with van der Waals surface area (Å²) in [5.41, 5.74) is 3.74. The Balaban J connectivity index is 1.59. The molecular weight excluding hydrogens is 475 g/mol. The van der Waals surface area contributed by atoms with E-state index in [9.17, 15) is 4.79 Å². The number of carbonyl (C=O) groups is 1. The van der Waals surface area contributed by atoms with Gasteiger partial charge in [0.25, 0.3) is 5.91 Å². The van der Waals surface area contributed by atoms with Crippen LogP contribution in [0.2, 0.25) is 10.0 Å². The third-order valence-corrected chi connectivity index (χ3v) is 5.51. The van der Waals surface area contributed by atoms with E-state index in [1.807, 2.05) is 43.3 Å². The lowest BCUT2D eigenvalue weighted by Crippen LogP contribution is -2.12. The number of hydrogen-bond acceptors (Lipinski definition) is 5. The number of hydrogen-bond donors (Lipinski definition) is 1. The van der Waals surface area contributed by atoms with E-state index in [0.29, 0.717) is 35.3 Å². The van der Waals surface area contributed by atoms with Crippen LogP contribution in [0.1, 0.15) is 15.9 Å². The lowest BCUT2D eigenvalue weighted by atomic mass is 10.1. The highest BCUT2D eigenvalue weighted by atomic mass is 35.5. The van der Waals surface area contributed by atoms with Gasteiger partial charge in [-0.05, 0) is 49.4 Å². The molecule has 4 aromatic rings. The van der Waals surface area contributed by atoms with Crippen LogP contribution in [0, 0.1) is 6.92 Å². The molecule has 1 amide bonds. The maximum Gasteiger partial charge on any atom is 0.336 e. The number of halogens is 2. The van der Waals surface area contributed by atoms with Crippen LogP contribution in [0.4, 0.5) is 5.69 Å². The van der Waals surface area contributed by atoms with Crippen molar-refractivity contribution in [3.05, 3.63) is 87.9 Å². The minimum atomic E-state index is -0.329. The lowest BCUT2D eigenvalue weighted by molar-refractivity contribution is 0.102. The van der Waals surface area contributed by atoms with Gasteiger partial charge in [-0.2, -0.15) is 4.98 Å². The second-order valence-corrected chi connectivity index (χ2v) is 8.31. The molecule has 34 heavy (non-hydrogen) atoms. The number of aryl methyl sites for hydroxylation is 1. The molecule has 0 spiro atoms. The molecule has 4 rings (SSSR count). The maximum atomic E-state index is 12.6. The third kappa shape index (κ3) is 5.56. The fourth-order valence-corrected chi connectivity index (χ4v) is 3.69. The predicted molar refractivity (Wildman–Crippen MR) is 133 cm³/mol. The smallest absolute Gasteiger partial charge is 0.336 e. The average molecular weight is 497 g/mol. The van der Waals surface area contributed by atoms with Gasteiger partial charge in [0.15, 0.2) is 5.82 Å². The average Bonchev–Trinajstić information content (AvgIpc) is 3.24. The zero-order valence-electron chi connectivity index (χ0n) is 18.6.